The molecule has 8 heteroatoms. The third-order valence-corrected chi connectivity index (χ3v) is 5.29. The van der Waals surface area contributed by atoms with E-state index in [1.165, 1.54) is 11.3 Å². The van der Waals surface area contributed by atoms with Gasteiger partial charge in [0, 0.05) is 49.0 Å². The first-order valence-electron chi connectivity index (χ1n) is 8.73. The number of carbonyl (C=O) groups excluding carboxylic acids is 1. The topological polar surface area (TPSA) is 96.2 Å². The fourth-order valence-corrected chi connectivity index (χ4v) is 3.79. The summed E-state index contributed by atoms with van der Waals surface area (Å²) < 4.78 is 0. The third kappa shape index (κ3) is 3.91. The Hall–Kier alpha value is -2.97. The second-order valence-corrected chi connectivity index (χ2v) is 7.10. The van der Waals surface area contributed by atoms with Gasteiger partial charge in [-0.15, -0.1) is 11.3 Å². The molecule has 27 heavy (non-hydrogen) atoms. The van der Waals surface area contributed by atoms with Crippen LogP contribution in [0.2, 0.25) is 0 Å². The summed E-state index contributed by atoms with van der Waals surface area (Å²) in [5, 5.41) is 8.84. The number of amides is 1. The van der Waals surface area contributed by atoms with Gasteiger partial charge in [0.15, 0.2) is 0 Å². The lowest BCUT2D eigenvalue weighted by atomic mass is 10.2. The number of hydrogen-bond donors (Lipinski definition) is 3. The van der Waals surface area contributed by atoms with Crippen LogP contribution in [0.4, 0.5) is 17.1 Å². The number of nitrogens with two attached hydrogens (primary N) is 1. The van der Waals surface area contributed by atoms with E-state index < -0.39 is 0 Å². The van der Waals surface area contributed by atoms with Crippen molar-refractivity contribution in [2.45, 2.75) is 0 Å². The minimum absolute atomic E-state index is 0.239. The zero-order valence-corrected chi connectivity index (χ0v) is 15.5. The van der Waals surface area contributed by atoms with Crippen LogP contribution >= 0.6 is 11.3 Å². The average molecular weight is 380 g/mol. The molecule has 0 saturated carbocycles. The van der Waals surface area contributed by atoms with E-state index in [1.54, 1.807) is 17.8 Å². The summed E-state index contributed by atoms with van der Waals surface area (Å²) in [6.45, 7) is 3.63. The number of rotatable bonds is 4. The van der Waals surface area contributed by atoms with Crippen LogP contribution < -0.4 is 21.3 Å². The number of carbonyl (C=O) groups is 1. The van der Waals surface area contributed by atoms with Crippen LogP contribution in [0.15, 0.2) is 48.1 Å². The zero-order chi connectivity index (χ0) is 18.6. The standard InChI is InChI=1S/C19H20N6OS/c20-14-3-1-13(2-4-14)19-24-16(12-27-19)18(26)23-15-11-22-6-5-17(15)25-9-7-21-8-10-25/h1-6,11-12,21H,7-10,20H2,(H,23,26). The van der Waals surface area contributed by atoms with E-state index in [1.807, 2.05) is 30.3 Å². The molecule has 1 amide bonds. The van der Waals surface area contributed by atoms with Crippen molar-refractivity contribution in [3.8, 4) is 10.6 Å². The lowest BCUT2D eigenvalue weighted by Gasteiger charge is -2.30. The van der Waals surface area contributed by atoms with E-state index in [0.717, 1.165) is 42.4 Å². The lowest BCUT2D eigenvalue weighted by molar-refractivity contribution is 0.102. The van der Waals surface area contributed by atoms with E-state index in [4.69, 9.17) is 5.73 Å². The lowest BCUT2D eigenvalue weighted by Crippen LogP contribution is -2.43. The van der Waals surface area contributed by atoms with Crippen molar-refractivity contribution < 1.29 is 4.79 Å². The summed E-state index contributed by atoms with van der Waals surface area (Å²) in [6, 6.07) is 9.39. The molecule has 3 aromatic rings. The molecule has 1 aliphatic heterocycles. The monoisotopic (exact) mass is 380 g/mol. The van der Waals surface area contributed by atoms with E-state index in [9.17, 15) is 4.79 Å². The highest BCUT2D eigenvalue weighted by Gasteiger charge is 2.18. The Morgan fingerprint density at radius 2 is 1.96 bits per heavy atom. The average Bonchev–Trinajstić information content (AvgIpc) is 3.20. The van der Waals surface area contributed by atoms with Crippen LogP contribution in [0.25, 0.3) is 10.6 Å². The quantitative estimate of drug-likeness (QED) is 0.602. The highest BCUT2D eigenvalue weighted by molar-refractivity contribution is 7.13. The van der Waals surface area contributed by atoms with E-state index in [-0.39, 0.29) is 5.91 Å². The molecule has 0 aliphatic carbocycles. The molecule has 1 saturated heterocycles. The third-order valence-electron chi connectivity index (χ3n) is 4.40. The Kier molecular flexibility index (Phi) is 4.99. The maximum atomic E-state index is 12.7. The molecule has 7 nitrogen and oxygen atoms in total. The van der Waals surface area contributed by atoms with Gasteiger partial charge >= 0.3 is 0 Å². The van der Waals surface area contributed by atoms with Gasteiger partial charge < -0.3 is 21.3 Å². The van der Waals surface area contributed by atoms with Gasteiger partial charge in [-0.3, -0.25) is 9.78 Å². The number of thiazole rings is 1. The normalized spacial score (nSPS) is 14.1. The predicted molar refractivity (Wildman–Crippen MR) is 109 cm³/mol. The van der Waals surface area contributed by atoms with Crippen molar-refractivity contribution >= 4 is 34.3 Å². The molecule has 0 unspecified atom stereocenters. The molecule has 1 aromatic carbocycles. The Bertz CT molecular complexity index is 933. The Labute approximate surface area is 161 Å². The molecule has 138 valence electrons. The summed E-state index contributed by atoms with van der Waals surface area (Å²) in [5.74, 6) is -0.239. The fraction of sp³-hybridized carbons (Fsp3) is 0.211. The molecule has 3 heterocycles. The van der Waals surface area contributed by atoms with Gasteiger partial charge in [0.25, 0.3) is 5.91 Å². The van der Waals surface area contributed by atoms with Gasteiger partial charge in [-0.25, -0.2) is 4.98 Å². The van der Waals surface area contributed by atoms with E-state index in [2.05, 4.69) is 25.5 Å². The zero-order valence-electron chi connectivity index (χ0n) is 14.7. The molecule has 0 spiro atoms. The fourth-order valence-electron chi connectivity index (χ4n) is 2.99. The molecule has 4 N–H and O–H groups in total. The van der Waals surface area contributed by atoms with Crippen LogP contribution in [-0.2, 0) is 0 Å². The molecular weight excluding hydrogens is 360 g/mol. The molecule has 0 bridgehead atoms. The van der Waals surface area contributed by atoms with E-state index in [0.29, 0.717) is 17.1 Å². The summed E-state index contributed by atoms with van der Waals surface area (Å²) in [6.07, 6.45) is 3.43. The minimum atomic E-state index is -0.239. The first-order valence-corrected chi connectivity index (χ1v) is 9.61. The number of nitrogens with zero attached hydrogens (tertiary/aromatic N) is 3. The number of pyridine rings is 1. The minimum Gasteiger partial charge on any atom is -0.399 e. The summed E-state index contributed by atoms with van der Waals surface area (Å²) >= 11 is 1.43. The van der Waals surface area contributed by atoms with Gasteiger partial charge in [-0.1, -0.05) is 0 Å². The maximum absolute atomic E-state index is 12.7. The second kappa shape index (κ2) is 7.73. The van der Waals surface area contributed by atoms with E-state index >= 15 is 0 Å². The first kappa shape index (κ1) is 17.4. The molecular formula is C19H20N6OS. The molecule has 2 aromatic heterocycles. The smallest absolute Gasteiger partial charge is 0.275 e. The van der Waals surface area contributed by atoms with Gasteiger partial charge in [0.1, 0.15) is 10.7 Å². The predicted octanol–water partition coefficient (Wildman–Crippen LogP) is 2.45. The molecule has 0 atom stereocenters. The molecule has 1 fully saturated rings. The molecule has 1 aliphatic rings. The number of benzene rings is 1. The summed E-state index contributed by atoms with van der Waals surface area (Å²) in [7, 11) is 0. The largest absolute Gasteiger partial charge is 0.399 e. The van der Waals surface area contributed by atoms with Gasteiger partial charge in [0.05, 0.1) is 17.6 Å². The number of piperazine rings is 1. The van der Waals surface area contributed by atoms with Crippen molar-refractivity contribution in [2.24, 2.45) is 0 Å². The van der Waals surface area contributed by atoms with Gasteiger partial charge in [-0.2, -0.15) is 0 Å². The second-order valence-electron chi connectivity index (χ2n) is 6.24. The van der Waals surface area contributed by atoms with Crippen LogP contribution in [0, 0.1) is 0 Å². The van der Waals surface area contributed by atoms with Crippen molar-refractivity contribution in [2.75, 3.05) is 42.1 Å². The number of nitrogens with one attached hydrogen (secondary N) is 2. The number of nitrogen functional groups attached to an aromatic ring is 1. The summed E-state index contributed by atoms with van der Waals surface area (Å²) in [5.41, 5.74) is 9.44. The number of anilines is 3. The van der Waals surface area contributed by atoms with Crippen LogP contribution in [0.1, 0.15) is 10.5 Å². The van der Waals surface area contributed by atoms with Crippen molar-refractivity contribution in [1.82, 2.24) is 15.3 Å². The van der Waals surface area contributed by atoms with Gasteiger partial charge in [0.2, 0.25) is 0 Å². The maximum Gasteiger partial charge on any atom is 0.275 e. The van der Waals surface area contributed by atoms with Crippen molar-refractivity contribution in [1.29, 1.82) is 0 Å². The Morgan fingerprint density at radius 1 is 1.19 bits per heavy atom. The number of hydrogen-bond acceptors (Lipinski definition) is 7. The highest BCUT2D eigenvalue weighted by atomic mass is 32.1. The van der Waals surface area contributed by atoms with Gasteiger partial charge in [-0.05, 0) is 30.3 Å². The molecule has 4 rings (SSSR count). The molecule has 0 radical (unpaired) electrons. The van der Waals surface area contributed by atoms with Crippen LogP contribution in [0.3, 0.4) is 0 Å². The van der Waals surface area contributed by atoms with Crippen molar-refractivity contribution in [3.63, 3.8) is 0 Å². The highest BCUT2D eigenvalue weighted by Crippen LogP contribution is 2.27. The van der Waals surface area contributed by atoms with Crippen LogP contribution in [0.5, 0.6) is 0 Å². The van der Waals surface area contributed by atoms with Crippen molar-refractivity contribution in [3.05, 3.63) is 53.8 Å². The van der Waals surface area contributed by atoms with Crippen LogP contribution in [-0.4, -0.2) is 42.1 Å². The summed E-state index contributed by atoms with van der Waals surface area (Å²) in [4.78, 5) is 23.6. The Balaban J connectivity index is 1.52. The Morgan fingerprint density at radius 3 is 2.74 bits per heavy atom. The first-order chi connectivity index (χ1) is 13.2. The number of aromatic nitrogens is 2. The SMILES string of the molecule is Nc1ccc(-c2nc(C(=O)Nc3cnccc3N3CCNCC3)cs2)cc1.